The van der Waals surface area contributed by atoms with E-state index in [0.717, 1.165) is 6.07 Å². The summed E-state index contributed by atoms with van der Waals surface area (Å²) in [6.07, 6.45) is 1.21. The highest BCUT2D eigenvalue weighted by molar-refractivity contribution is 6.33. The van der Waals surface area contributed by atoms with Gasteiger partial charge in [0, 0.05) is 12.5 Å². The summed E-state index contributed by atoms with van der Waals surface area (Å²) in [6, 6.07) is 5.47. The normalized spacial score (nSPS) is 10.6. The molecule has 0 saturated heterocycles. The van der Waals surface area contributed by atoms with E-state index >= 15 is 0 Å². The van der Waals surface area contributed by atoms with Gasteiger partial charge in [-0.2, -0.15) is 0 Å². The van der Waals surface area contributed by atoms with Crippen molar-refractivity contribution in [3.05, 3.63) is 52.0 Å². The number of rotatable bonds is 9. The van der Waals surface area contributed by atoms with Gasteiger partial charge in [-0.15, -0.1) is 0 Å². The molecule has 0 atom stereocenters. The monoisotopic (exact) mass is 413 g/mol. The maximum Gasteiger partial charge on any atom is 0.305 e. The minimum atomic E-state index is -1.04. The number of hydrogen-bond acceptors (Lipinski definition) is 5. The van der Waals surface area contributed by atoms with E-state index in [9.17, 15) is 13.6 Å². The van der Waals surface area contributed by atoms with Crippen molar-refractivity contribution in [1.29, 1.82) is 0 Å². The average Bonchev–Trinajstić information content (AvgIpc) is 2.66. The number of nitrogen functional groups attached to an aromatic ring is 1. The minimum absolute atomic E-state index is 0.0477. The Morgan fingerprint density at radius 2 is 1.96 bits per heavy atom. The zero-order valence-corrected chi connectivity index (χ0v) is 16.4. The van der Waals surface area contributed by atoms with E-state index in [0.29, 0.717) is 35.8 Å². The van der Waals surface area contributed by atoms with Gasteiger partial charge in [-0.1, -0.05) is 11.6 Å². The first-order valence-corrected chi connectivity index (χ1v) is 9.12. The SMILES string of the molecule is CCOC(=O)CCCc1cc(Cl)c(N)cc1OCc1c(OC)ccc(F)c1F. The molecule has 152 valence electrons. The van der Waals surface area contributed by atoms with E-state index in [1.807, 2.05) is 0 Å². The van der Waals surface area contributed by atoms with E-state index < -0.39 is 11.6 Å². The summed E-state index contributed by atoms with van der Waals surface area (Å²) < 4.78 is 43.4. The summed E-state index contributed by atoms with van der Waals surface area (Å²) in [7, 11) is 1.36. The van der Waals surface area contributed by atoms with Gasteiger partial charge in [0.2, 0.25) is 0 Å². The standard InChI is InChI=1S/C20H22ClF2NO4/c1-3-27-19(25)6-4-5-12-9-14(21)16(24)10-18(12)28-11-13-17(26-2)8-7-15(22)20(13)23/h7-10H,3-6,11,24H2,1-2H3. The Morgan fingerprint density at radius 1 is 1.21 bits per heavy atom. The first-order valence-electron chi connectivity index (χ1n) is 8.74. The second kappa shape index (κ2) is 10.1. The number of benzene rings is 2. The molecule has 0 spiro atoms. The predicted molar refractivity (Wildman–Crippen MR) is 103 cm³/mol. The van der Waals surface area contributed by atoms with E-state index in [-0.39, 0.29) is 36.0 Å². The van der Waals surface area contributed by atoms with Gasteiger partial charge in [-0.25, -0.2) is 8.78 Å². The number of halogens is 3. The van der Waals surface area contributed by atoms with Crippen molar-refractivity contribution in [2.45, 2.75) is 32.8 Å². The molecule has 28 heavy (non-hydrogen) atoms. The van der Waals surface area contributed by atoms with Crippen LogP contribution < -0.4 is 15.2 Å². The van der Waals surface area contributed by atoms with Gasteiger partial charge in [0.25, 0.3) is 0 Å². The smallest absolute Gasteiger partial charge is 0.305 e. The van der Waals surface area contributed by atoms with Crippen LogP contribution in [0.3, 0.4) is 0 Å². The van der Waals surface area contributed by atoms with Crippen molar-refractivity contribution < 1.29 is 27.8 Å². The van der Waals surface area contributed by atoms with Crippen LogP contribution in [0.15, 0.2) is 24.3 Å². The molecule has 0 aromatic heterocycles. The Balaban J connectivity index is 2.18. The molecule has 2 aromatic carbocycles. The van der Waals surface area contributed by atoms with E-state index in [2.05, 4.69) is 0 Å². The number of aryl methyl sites for hydroxylation is 1. The van der Waals surface area contributed by atoms with Gasteiger partial charge < -0.3 is 19.9 Å². The number of anilines is 1. The van der Waals surface area contributed by atoms with Crippen LogP contribution in [0.1, 0.15) is 30.9 Å². The number of hydrogen-bond donors (Lipinski definition) is 1. The summed E-state index contributed by atoms with van der Waals surface area (Å²) in [5.41, 5.74) is 6.78. The van der Waals surface area contributed by atoms with Crippen molar-refractivity contribution in [1.82, 2.24) is 0 Å². The first-order chi connectivity index (χ1) is 13.4. The molecule has 0 unspecified atom stereocenters. The third-order valence-electron chi connectivity index (χ3n) is 4.06. The van der Waals surface area contributed by atoms with Crippen molar-refractivity contribution in [3.63, 3.8) is 0 Å². The molecule has 0 aliphatic carbocycles. The highest BCUT2D eigenvalue weighted by atomic mass is 35.5. The molecule has 0 amide bonds. The van der Waals surface area contributed by atoms with Crippen LogP contribution in [0.25, 0.3) is 0 Å². The predicted octanol–water partition coefficient (Wildman–Crippen LogP) is 4.67. The Morgan fingerprint density at radius 3 is 2.64 bits per heavy atom. The highest BCUT2D eigenvalue weighted by Crippen LogP contribution is 2.32. The summed E-state index contributed by atoms with van der Waals surface area (Å²) in [5, 5.41) is 0.341. The van der Waals surface area contributed by atoms with Crippen LogP contribution in [0.2, 0.25) is 5.02 Å². The van der Waals surface area contributed by atoms with Crippen LogP contribution >= 0.6 is 11.6 Å². The van der Waals surface area contributed by atoms with Crippen LogP contribution in [-0.4, -0.2) is 19.7 Å². The van der Waals surface area contributed by atoms with E-state index in [1.54, 1.807) is 13.0 Å². The van der Waals surface area contributed by atoms with Crippen molar-refractivity contribution in [2.75, 3.05) is 19.5 Å². The average molecular weight is 414 g/mol. The summed E-state index contributed by atoms with van der Waals surface area (Å²) >= 11 is 6.09. The fourth-order valence-corrected chi connectivity index (χ4v) is 2.83. The van der Waals surface area contributed by atoms with Gasteiger partial charge in [0.1, 0.15) is 18.1 Å². The zero-order valence-electron chi connectivity index (χ0n) is 15.7. The Hall–Kier alpha value is -2.54. The summed E-state index contributed by atoms with van der Waals surface area (Å²) in [5.74, 6) is -1.78. The first kappa shape index (κ1) is 21.8. The Kier molecular flexibility index (Phi) is 7.87. The maximum atomic E-state index is 14.1. The van der Waals surface area contributed by atoms with E-state index in [4.69, 9.17) is 31.5 Å². The molecule has 0 aliphatic heterocycles. The summed E-state index contributed by atoms with van der Waals surface area (Å²) in [6.45, 7) is 1.80. The van der Waals surface area contributed by atoms with Crippen LogP contribution in [-0.2, 0) is 22.6 Å². The molecule has 5 nitrogen and oxygen atoms in total. The lowest BCUT2D eigenvalue weighted by Gasteiger charge is -2.15. The molecule has 0 fully saturated rings. The second-order valence-corrected chi connectivity index (χ2v) is 6.38. The third kappa shape index (κ3) is 5.48. The summed E-state index contributed by atoms with van der Waals surface area (Å²) in [4.78, 5) is 11.5. The lowest BCUT2D eigenvalue weighted by Crippen LogP contribution is -2.07. The van der Waals surface area contributed by atoms with Gasteiger partial charge in [-0.05, 0) is 43.5 Å². The number of methoxy groups -OCH3 is 1. The molecule has 2 N–H and O–H groups in total. The van der Waals surface area contributed by atoms with Crippen molar-refractivity contribution in [3.8, 4) is 11.5 Å². The molecule has 0 saturated carbocycles. The van der Waals surface area contributed by atoms with Crippen molar-refractivity contribution in [2.24, 2.45) is 0 Å². The fraction of sp³-hybridized carbons (Fsp3) is 0.350. The zero-order chi connectivity index (χ0) is 20.7. The number of carbonyl (C=O) groups excluding carboxylic acids is 1. The molecular weight excluding hydrogens is 392 g/mol. The molecule has 0 aliphatic rings. The number of carbonyl (C=O) groups is 1. The number of ether oxygens (including phenoxy) is 3. The fourth-order valence-electron chi connectivity index (χ4n) is 2.65. The number of esters is 1. The largest absolute Gasteiger partial charge is 0.496 e. The molecule has 8 heteroatoms. The molecule has 0 heterocycles. The molecule has 0 radical (unpaired) electrons. The minimum Gasteiger partial charge on any atom is -0.496 e. The molecule has 2 aromatic rings. The van der Waals surface area contributed by atoms with Gasteiger partial charge >= 0.3 is 5.97 Å². The molecular formula is C20H22ClF2NO4. The molecule has 2 rings (SSSR count). The van der Waals surface area contributed by atoms with E-state index in [1.165, 1.54) is 19.2 Å². The van der Waals surface area contributed by atoms with Gasteiger partial charge in [-0.3, -0.25) is 4.79 Å². The Labute approximate surface area is 167 Å². The highest BCUT2D eigenvalue weighted by Gasteiger charge is 2.17. The lowest BCUT2D eigenvalue weighted by molar-refractivity contribution is -0.143. The third-order valence-corrected chi connectivity index (χ3v) is 4.38. The van der Waals surface area contributed by atoms with Crippen molar-refractivity contribution >= 4 is 23.3 Å². The number of nitrogens with two attached hydrogens (primary N) is 1. The van der Waals surface area contributed by atoms with Crippen LogP contribution in [0.5, 0.6) is 11.5 Å². The van der Waals surface area contributed by atoms with Gasteiger partial charge in [0.15, 0.2) is 11.6 Å². The van der Waals surface area contributed by atoms with Crippen LogP contribution in [0.4, 0.5) is 14.5 Å². The van der Waals surface area contributed by atoms with Gasteiger partial charge in [0.05, 0.1) is 30.0 Å². The lowest BCUT2D eigenvalue weighted by atomic mass is 10.1. The topological polar surface area (TPSA) is 70.8 Å². The Bertz CT molecular complexity index is 845. The maximum absolute atomic E-state index is 14.1. The molecule has 0 bridgehead atoms. The quantitative estimate of drug-likeness (QED) is 0.477. The van der Waals surface area contributed by atoms with Crippen LogP contribution in [0, 0.1) is 11.6 Å². The second-order valence-electron chi connectivity index (χ2n) is 5.97.